The van der Waals surface area contributed by atoms with Crippen LogP contribution in [0.15, 0.2) is 12.1 Å². The molecule has 2 aromatic heterocycles. The van der Waals surface area contributed by atoms with Crippen molar-refractivity contribution < 1.29 is 4.79 Å². The zero-order valence-corrected chi connectivity index (χ0v) is 14.0. The molecule has 0 radical (unpaired) electrons. The molecule has 0 spiro atoms. The molecule has 1 saturated heterocycles. The molecule has 1 unspecified atom stereocenters. The van der Waals surface area contributed by atoms with Crippen LogP contribution in [0.1, 0.15) is 56.1 Å². The number of pyridine rings is 1. The molecule has 6 nitrogen and oxygen atoms in total. The van der Waals surface area contributed by atoms with Crippen molar-refractivity contribution in [1.29, 1.82) is 0 Å². The van der Waals surface area contributed by atoms with E-state index in [0.717, 1.165) is 43.3 Å². The van der Waals surface area contributed by atoms with Crippen molar-refractivity contribution in [3.8, 4) is 0 Å². The van der Waals surface area contributed by atoms with Crippen molar-refractivity contribution in [1.82, 2.24) is 19.9 Å². The van der Waals surface area contributed by atoms with Gasteiger partial charge in [-0.05, 0) is 44.7 Å². The van der Waals surface area contributed by atoms with Gasteiger partial charge < -0.3 is 10.6 Å². The van der Waals surface area contributed by atoms with Crippen molar-refractivity contribution in [2.45, 2.75) is 51.5 Å². The molecule has 1 aliphatic heterocycles. The standard InChI is InChI=1S/C18H23N5O/c1-11-20-16(19)13-8-9-14(22-17(13)21-11)15-7-4-10-23(15)18(24)12-5-2-3-6-12/h8-9,12,15H,2-7,10H2,1H3,(H2,19,20,21,22). The largest absolute Gasteiger partial charge is 0.383 e. The predicted octanol–water partition coefficient (Wildman–Crippen LogP) is 2.77. The summed E-state index contributed by atoms with van der Waals surface area (Å²) in [4.78, 5) is 28.2. The lowest BCUT2D eigenvalue weighted by Gasteiger charge is -2.27. The highest BCUT2D eigenvalue weighted by molar-refractivity contribution is 5.85. The van der Waals surface area contributed by atoms with Gasteiger partial charge in [0.2, 0.25) is 5.91 Å². The molecule has 24 heavy (non-hydrogen) atoms. The second-order valence-corrected chi connectivity index (χ2v) is 6.93. The van der Waals surface area contributed by atoms with Crippen LogP contribution in [0.25, 0.3) is 11.0 Å². The number of aryl methyl sites for hydroxylation is 1. The monoisotopic (exact) mass is 325 g/mol. The van der Waals surface area contributed by atoms with E-state index in [2.05, 4.69) is 9.97 Å². The summed E-state index contributed by atoms with van der Waals surface area (Å²) in [5, 5.41) is 0.774. The van der Waals surface area contributed by atoms with Crippen molar-refractivity contribution in [3.63, 3.8) is 0 Å². The fourth-order valence-electron chi connectivity index (χ4n) is 4.09. The number of fused-ring (bicyclic) bond motifs is 1. The molecule has 126 valence electrons. The number of nitrogen functional groups attached to an aromatic ring is 1. The number of anilines is 1. The molecule has 0 bridgehead atoms. The first kappa shape index (κ1) is 15.3. The first-order chi connectivity index (χ1) is 11.6. The van der Waals surface area contributed by atoms with Crippen LogP contribution in [-0.4, -0.2) is 32.3 Å². The van der Waals surface area contributed by atoms with E-state index in [1.807, 2.05) is 24.0 Å². The maximum atomic E-state index is 12.9. The van der Waals surface area contributed by atoms with E-state index in [4.69, 9.17) is 10.7 Å². The van der Waals surface area contributed by atoms with E-state index in [0.29, 0.717) is 23.2 Å². The van der Waals surface area contributed by atoms with Crippen LogP contribution in [0.4, 0.5) is 5.82 Å². The Bertz CT molecular complexity index is 784. The van der Waals surface area contributed by atoms with Crippen molar-refractivity contribution >= 4 is 22.8 Å². The maximum absolute atomic E-state index is 12.9. The fourth-order valence-corrected chi connectivity index (χ4v) is 4.09. The molecule has 1 aliphatic carbocycles. The predicted molar refractivity (Wildman–Crippen MR) is 92.1 cm³/mol. The number of hydrogen-bond donors (Lipinski definition) is 1. The number of hydrogen-bond acceptors (Lipinski definition) is 5. The van der Waals surface area contributed by atoms with Crippen LogP contribution in [0.5, 0.6) is 0 Å². The third-order valence-corrected chi connectivity index (χ3v) is 5.30. The summed E-state index contributed by atoms with van der Waals surface area (Å²) in [6.07, 6.45) is 6.44. The minimum atomic E-state index is 0.0685. The lowest BCUT2D eigenvalue weighted by Crippen LogP contribution is -2.35. The number of nitrogens with two attached hydrogens (primary N) is 1. The number of amides is 1. The molecule has 6 heteroatoms. The fraction of sp³-hybridized carbons (Fsp3) is 0.556. The second kappa shape index (κ2) is 6.00. The van der Waals surface area contributed by atoms with Gasteiger partial charge >= 0.3 is 0 Å². The van der Waals surface area contributed by atoms with E-state index < -0.39 is 0 Å². The molecule has 3 heterocycles. The highest BCUT2D eigenvalue weighted by Gasteiger charge is 2.35. The Balaban J connectivity index is 1.66. The summed E-state index contributed by atoms with van der Waals surface area (Å²) < 4.78 is 0. The summed E-state index contributed by atoms with van der Waals surface area (Å²) in [6.45, 7) is 2.65. The summed E-state index contributed by atoms with van der Waals surface area (Å²) >= 11 is 0. The van der Waals surface area contributed by atoms with Gasteiger partial charge in [0.1, 0.15) is 11.6 Å². The smallest absolute Gasteiger partial charge is 0.226 e. The first-order valence-corrected chi connectivity index (χ1v) is 8.85. The topological polar surface area (TPSA) is 85.0 Å². The summed E-state index contributed by atoms with van der Waals surface area (Å²) in [5.41, 5.74) is 7.51. The third-order valence-electron chi connectivity index (χ3n) is 5.30. The zero-order chi connectivity index (χ0) is 16.7. The molecule has 2 fully saturated rings. The van der Waals surface area contributed by atoms with E-state index in [9.17, 15) is 4.79 Å². The van der Waals surface area contributed by atoms with Gasteiger partial charge in [-0.2, -0.15) is 0 Å². The second-order valence-electron chi connectivity index (χ2n) is 6.93. The Labute approximate surface area is 141 Å². The van der Waals surface area contributed by atoms with Gasteiger partial charge in [-0.1, -0.05) is 12.8 Å². The van der Waals surface area contributed by atoms with E-state index >= 15 is 0 Å². The average Bonchev–Trinajstić information content (AvgIpc) is 3.25. The van der Waals surface area contributed by atoms with Crippen molar-refractivity contribution in [2.75, 3.05) is 12.3 Å². The van der Waals surface area contributed by atoms with Crippen LogP contribution in [0.2, 0.25) is 0 Å². The maximum Gasteiger partial charge on any atom is 0.226 e. The molecule has 1 amide bonds. The average molecular weight is 325 g/mol. The quantitative estimate of drug-likeness (QED) is 0.917. The van der Waals surface area contributed by atoms with Gasteiger partial charge in [0.15, 0.2) is 5.65 Å². The highest BCUT2D eigenvalue weighted by Crippen LogP contribution is 2.36. The Morgan fingerprint density at radius 2 is 1.92 bits per heavy atom. The Hall–Kier alpha value is -2.24. The highest BCUT2D eigenvalue weighted by atomic mass is 16.2. The molecular formula is C18H23N5O. The number of likely N-dealkylation sites (tertiary alicyclic amines) is 1. The zero-order valence-electron chi connectivity index (χ0n) is 14.0. The summed E-state index contributed by atoms with van der Waals surface area (Å²) in [5.74, 6) is 1.61. The minimum absolute atomic E-state index is 0.0685. The first-order valence-electron chi connectivity index (χ1n) is 8.85. The van der Waals surface area contributed by atoms with Crippen LogP contribution in [0, 0.1) is 12.8 Å². The van der Waals surface area contributed by atoms with Gasteiger partial charge in [-0.3, -0.25) is 4.79 Å². The lowest BCUT2D eigenvalue weighted by atomic mass is 10.0. The van der Waals surface area contributed by atoms with Crippen molar-refractivity contribution in [3.05, 3.63) is 23.7 Å². The van der Waals surface area contributed by atoms with Gasteiger partial charge in [0.05, 0.1) is 17.1 Å². The number of carbonyl (C=O) groups is 1. The van der Waals surface area contributed by atoms with Gasteiger partial charge in [-0.25, -0.2) is 15.0 Å². The molecule has 1 saturated carbocycles. The molecule has 2 aromatic rings. The van der Waals surface area contributed by atoms with Crippen LogP contribution < -0.4 is 5.73 Å². The number of aromatic nitrogens is 3. The Morgan fingerprint density at radius 3 is 2.71 bits per heavy atom. The third kappa shape index (κ3) is 2.60. The van der Waals surface area contributed by atoms with Gasteiger partial charge in [0.25, 0.3) is 0 Å². The Kier molecular flexibility index (Phi) is 3.82. The molecule has 0 aromatic carbocycles. The molecular weight excluding hydrogens is 302 g/mol. The summed E-state index contributed by atoms with van der Waals surface area (Å²) in [7, 11) is 0. The Morgan fingerprint density at radius 1 is 1.12 bits per heavy atom. The van der Waals surface area contributed by atoms with E-state index in [1.165, 1.54) is 12.8 Å². The normalized spacial score (nSPS) is 21.7. The summed E-state index contributed by atoms with van der Waals surface area (Å²) in [6, 6.07) is 3.98. The SMILES string of the molecule is Cc1nc(N)c2ccc(C3CCCN3C(=O)C3CCCC3)nc2n1. The number of nitrogens with zero attached hydrogens (tertiary/aromatic N) is 4. The van der Waals surface area contributed by atoms with E-state index in [1.54, 1.807) is 0 Å². The van der Waals surface area contributed by atoms with Crippen LogP contribution in [-0.2, 0) is 4.79 Å². The molecule has 4 rings (SSSR count). The van der Waals surface area contributed by atoms with E-state index in [-0.39, 0.29) is 12.0 Å². The lowest BCUT2D eigenvalue weighted by molar-refractivity contribution is -0.136. The molecule has 2 aliphatic rings. The molecule has 2 N–H and O–H groups in total. The number of rotatable bonds is 2. The van der Waals surface area contributed by atoms with Crippen LogP contribution in [0.3, 0.4) is 0 Å². The van der Waals surface area contributed by atoms with Gasteiger partial charge in [0, 0.05) is 12.5 Å². The number of carbonyl (C=O) groups excluding carboxylic acids is 1. The molecule has 1 atom stereocenters. The van der Waals surface area contributed by atoms with Crippen LogP contribution >= 0.6 is 0 Å². The minimum Gasteiger partial charge on any atom is -0.383 e. The van der Waals surface area contributed by atoms with Gasteiger partial charge in [-0.15, -0.1) is 0 Å². The van der Waals surface area contributed by atoms with Crippen molar-refractivity contribution in [2.24, 2.45) is 5.92 Å².